The van der Waals surface area contributed by atoms with Gasteiger partial charge in [-0.2, -0.15) is 0 Å². The van der Waals surface area contributed by atoms with Gasteiger partial charge in [-0.25, -0.2) is 4.79 Å². The molecule has 3 amide bonds. The fraction of sp³-hybridized carbons (Fsp3) is 0.462. The van der Waals surface area contributed by atoms with Gasteiger partial charge in [-0.15, -0.1) is 0 Å². The highest BCUT2D eigenvalue weighted by molar-refractivity contribution is 5.95. The summed E-state index contributed by atoms with van der Waals surface area (Å²) in [5.74, 6) is -0.221. The minimum atomic E-state index is -0.357. The molecule has 0 saturated heterocycles. The Hall–Kier alpha value is -2.15. The number of pyridine rings is 1. The molecule has 20 heavy (non-hydrogen) atoms. The smallest absolute Gasteiger partial charge is 0.319 e. The first-order chi connectivity index (χ1) is 9.43. The maximum absolute atomic E-state index is 11.8. The van der Waals surface area contributed by atoms with Crippen molar-refractivity contribution in [3.63, 3.8) is 0 Å². The summed E-state index contributed by atoms with van der Waals surface area (Å²) < 4.78 is 4.93. The normalized spacial score (nSPS) is 11.6. The quantitative estimate of drug-likeness (QED) is 0.840. The van der Waals surface area contributed by atoms with Crippen molar-refractivity contribution in [2.75, 3.05) is 33.1 Å². The number of carbonyl (C=O) groups is 2. The molecule has 0 bridgehead atoms. The molecule has 110 valence electrons. The Morgan fingerprint density at radius 2 is 2.15 bits per heavy atom. The second-order valence-electron chi connectivity index (χ2n) is 4.58. The van der Waals surface area contributed by atoms with Gasteiger partial charge in [-0.05, 0) is 19.1 Å². The highest BCUT2D eigenvalue weighted by Gasteiger charge is 2.11. The van der Waals surface area contributed by atoms with Crippen molar-refractivity contribution in [2.45, 2.75) is 13.0 Å². The van der Waals surface area contributed by atoms with Gasteiger partial charge in [0.05, 0.1) is 12.6 Å². The molecule has 0 aromatic carbocycles. The largest absolute Gasteiger partial charge is 0.383 e. The van der Waals surface area contributed by atoms with Crippen LogP contribution in [0.3, 0.4) is 0 Å². The lowest BCUT2D eigenvalue weighted by atomic mass is 10.3. The highest BCUT2D eigenvalue weighted by atomic mass is 16.5. The van der Waals surface area contributed by atoms with E-state index >= 15 is 0 Å². The van der Waals surface area contributed by atoms with Gasteiger partial charge >= 0.3 is 6.03 Å². The Bertz CT molecular complexity index is 476. The van der Waals surface area contributed by atoms with Crippen LogP contribution in [-0.4, -0.2) is 55.7 Å². The van der Waals surface area contributed by atoms with Crippen LogP contribution in [0.5, 0.6) is 0 Å². The molecular formula is C13H20N4O3. The fourth-order valence-electron chi connectivity index (χ4n) is 1.54. The van der Waals surface area contributed by atoms with Crippen molar-refractivity contribution in [3.8, 4) is 0 Å². The molecule has 1 aromatic rings. The minimum absolute atomic E-state index is 0.107. The zero-order valence-electron chi connectivity index (χ0n) is 12.1. The minimum Gasteiger partial charge on any atom is -0.383 e. The molecule has 0 aliphatic rings. The average Bonchev–Trinajstić information content (AvgIpc) is 2.37. The van der Waals surface area contributed by atoms with Gasteiger partial charge in [0, 0.05) is 33.1 Å². The summed E-state index contributed by atoms with van der Waals surface area (Å²) in [7, 11) is 4.85. The standard InChI is InChI=1S/C13H20N4O3/c1-9(8-20-4)15-13(19)16-10-5-6-14-11(7-10)12(18)17(2)3/h5-7,9H,8H2,1-4H3,(H2,14,15,16,19). The number of nitrogens with zero attached hydrogens (tertiary/aromatic N) is 2. The Morgan fingerprint density at radius 3 is 2.75 bits per heavy atom. The van der Waals surface area contributed by atoms with Crippen LogP contribution in [0.4, 0.5) is 10.5 Å². The third-order valence-corrected chi connectivity index (χ3v) is 2.44. The van der Waals surface area contributed by atoms with E-state index in [1.54, 1.807) is 27.3 Å². The maximum atomic E-state index is 11.8. The van der Waals surface area contributed by atoms with E-state index in [-0.39, 0.29) is 23.7 Å². The summed E-state index contributed by atoms with van der Waals surface area (Å²) in [5, 5.41) is 5.36. The molecule has 7 heteroatoms. The van der Waals surface area contributed by atoms with E-state index < -0.39 is 0 Å². The van der Waals surface area contributed by atoms with E-state index in [1.807, 2.05) is 6.92 Å². The highest BCUT2D eigenvalue weighted by Crippen LogP contribution is 2.09. The third-order valence-electron chi connectivity index (χ3n) is 2.44. The van der Waals surface area contributed by atoms with Crippen LogP contribution in [0.1, 0.15) is 17.4 Å². The van der Waals surface area contributed by atoms with Crippen LogP contribution in [0.15, 0.2) is 18.3 Å². The van der Waals surface area contributed by atoms with E-state index in [1.165, 1.54) is 17.2 Å². The van der Waals surface area contributed by atoms with Crippen molar-refractivity contribution < 1.29 is 14.3 Å². The maximum Gasteiger partial charge on any atom is 0.319 e. The van der Waals surface area contributed by atoms with Crippen LogP contribution in [0.2, 0.25) is 0 Å². The third kappa shape index (κ3) is 4.85. The van der Waals surface area contributed by atoms with Crippen molar-refractivity contribution in [1.82, 2.24) is 15.2 Å². The second-order valence-corrected chi connectivity index (χ2v) is 4.58. The number of hydrogen-bond acceptors (Lipinski definition) is 4. The number of methoxy groups -OCH3 is 1. The zero-order chi connectivity index (χ0) is 15.1. The summed E-state index contributed by atoms with van der Waals surface area (Å²) >= 11 is 0. The summed E-state index contributed by atoms with van der Waals surface area (Å²) in [5.41, 5.74) is 0.782. The first-order valence-corrected chi connectivity index (χ1v) is 6.18. The Morgan fingerprint density at radius 1 is 1.45 bits per heavy atom. The monoisotopic (exact) mass is 280 g/mol. The van der Waals surface area contributed by atoms with Gasteiger partial charge in [-0.3, -0.25) is 9.78 Å². The van der Waals surface area contributed by atoms with E-state index in [0.29, 0.717) is 12.3 Å². The lowest BCUT2D eigenvalue weighted by molar-refractivity contribution is 0.0822. The molecule has 0 fully saturated rings. The van der Waals surface area contributed by atoms with Crippen molar-refractivity contribution in [2.24, 2.45) is 0 Å². The van der Waals surface area contributed by atoms with Gasteiger partial charge in [0.25, 0.3) is 5.91 Å². The van der Waals surface area contributed by atoms with E-state index in [9.17, 15) is 9.59 Å². The molecule has 0 aliphatic carbocycles. The van der Waals surface area contributed by atoms with Crippen molar-refractivity contribution in [3.05, 3.63) is 24.0 Å². The number of rotatable bonds is 5. The number of nitrogens with one attached hydrogen (secondary N) is 2. The lowest BCUT2D eigenvalue weighted by Gasteiger charge is -2.14. The lowest BCUT2D eigenvalue weighted by Crippen LogP contribution is -2.38. The number of urea groups is 1. The van der Waals surface area contributed by atoms with Crippen LogP contribution < -0.4 is 10.6 Å². The number of hydrogen-bond donors (Lipinski definition) is 2. The molecule has 1 heterocycles. The molecule has 1 atom stereocenters. The van der Waals surface area contributed by atoms with Gasteiger partial charge in [0.15, 0.2) is 0 Å². The number of carbonyl (C=O) groups excluding carboxylic acids is 2. The molecule has 1 rings (SSSR count). The first kappa shape index (κ1) is 15.9. The molecule has 0 radical (unpaired) electrons. The summed E-state index contributed by atoms with van der Waals surface area (Å²) in [6.45, 7) is 2.25. The average molecular weight is 280 g/mol. The van der Waals surface area contributed by atoms with E-state index in [0.717, 1.165) is 0 Å². The molecule has 1 unspecified atom stereocenters. The molecule has 0 aliphatic heterocycles. The predicted octanol–water partition coefficient (Wildman–Crippen LogP) is 0.940. The van der Waals surface area contributed by atoms with Crippen molar-refractivity contribution in [1.29, 1.82) is 0 Å². The predicted molar refractivity (Wildman–Crippen MR) is 75.7 cm³/mol. The molecular weight excluding hydrogens is 260 g/mol. The van der Waals surface area contributed by atoms with E-state index in [4.69, 9.17) is 4.74 Å². The van der Waals surface area contributed by atoms with Gasteiger partial charge in [-0.1, -0.05) is 0 Å². The van der Waals surface area contributed by atoms with E-state index in [2.05, 4.69) is 15.6 Å². The Kier molecular flexibility index (Phi) is 5.92. The number of amides is 3. The van der Waals surface area contributed by atoms with Crippen LogP contribution in [-0.2, 0) is 4.74 Å². The van der Waals surface area contributed by atoms with Crippen molar-refractivity contribution >= 4 is 17.6 Å². The Labute approximate surface area is 118 Å². The number of anilines is 1. The van der Waals surface area contributed by atoms with Gasteiger partial charge in [0.1, 0.15) is 5.69 Å². The van der Waals surface area contributed by atoms with Gasteiger partial charge in [0.2, 0.25) is 0 Å². The van der Waals surface area contributed by atoms with Crippen LogP contribution in [0, 0.1) is 0 Å². The SMILES string of the molecule is COCC(C)NC(=O)Nc1ccnc(C(=O)N(C)C)c1. The molecule has 0 saturated carbocycles. The van der Waals surface area contributed by atoms with Crippen LogP contribution in [0.25, 0.3) is 0 Å². The Balaban J connectivity index is 2.66. The topological polar surface area (TPSA) is 83.6 Å². The number of aromatic nitrogens is 1. The summed E-state index contributed by atoms with van der Waals surface area (Å²) in [6, 6.07) is 2.68. The number of ether oxygens (including phenoxy) is 1. The molecule has 7 nitrogen and oxygen atoms in total. The molecule has 1 aromatic heterocycles. The zero-order valence-corrected chi connectivity index (χ0v) is 12.1. The van der Waals surface area contributed by atoms with Gasteiger partial charge < -0.3 is 20.3 Å². The molecule has 2 N–H and O–H groups in total. The summed E-state index contributed by atoms with van der Waals surface area (Å²) in [6.07, 6.45) is 1.48. The molecule has 0 spiro atoms. The second kappa shape index (κ2) is 7.44. The summed E-state index contributed by atoms with van der Waals surface area (Å²) in [4.78, 5) is 28.9. The fourth-order valence-corrected chi connectivity index (χ4v) is 1.54. The van der Waals surface area contributed by atoms with Crippen LogP contribution >= 0.6 is 0 Å². The first-order valence-electron chi connectivity index (χ1n) is 6.18.